The number of hydrogen-bond acceptors (Lipinski definition) is 4. The van der Waals surface area contributed by atoms with Crippen molar-refractivity contribution in [3.63, 3.8) is 0 Å². The first-order valence-electron chi connectivity index (χ1n) is 15.5. The highest BCUT2D eigenvalue weighted by atomic mass is 16.5. The van der Waals surface area contributed by atoms with Crippen molar-refractivity contribution < 1.29 is 14.2 Å². The standard InChI is InChI=1S/C38H41NO3/c1-38-23-35(42-30-15-13-29(39)14-16-30)37-32-19-17-31(40-24-26-8-4-2-5-9-26)22-28(32)12-18-33(37)34(38)20-21-36(38)41-25-27-10-6-3-7-11-27/h2-11,13-17,19,22,33-37H,12,18,20-21,23-25,39H2,1H3/t33-,34-,35-,36-,37+,38-/m0/s1. The highest BCUT2D eigenvalue weighted by Crippen LogP contribution is 2.62. The average Bonchev–Trinajstić information content (AvgIpc) is 3.36. The van der Waals surface area contributed by atoms with E-state index in [0.717, 1.165) is 36.4 Å². The Morgan fingerprint density at radius 2 is 1.45 bits per heavy atom. The van der Waals surface area contributed by atoms with E-state index in [1.54, 1.807) is 0 Å². The quantitative estimate of drug-likeness (QED) is 0.221. The summed E-state index contributed by atoms with van der Waals surface area (Å²) in [5, 5.41) is 0. The molecule has 4 nitrogen and oxygen atoms in total. The Morgan fingerprint density at radius 3 is 2.19 bits per heavy atom. The van der Waals surface area contributed by atoms with Crippen molar-refractivity contribution in [1.29, 1.82) is 0 Å². The molecule has 0 saturated heterocycles. The Kier molecular flexibility index (Phi) is 7.41. The number of benzene rings is 4. The largest absolute Gasteiger partial charge is 0.490 e. The van der Waals surface area contributed by atoms with Crippen LogP contribution in [0.15, 0.2) is 103 Å². The predicted octanol–water partition coefficient (Wildman–Crippen LogP) is 8.35. The minimum Gasteiger partial charge on any atom is -0.490 e. The number of rotatable bonds is 8. The fraction of sp³-hybridized carbons (Fsp3) is 0.368. The Bertz CT molecular complexity index is 1490. The minimum absolute atomic E-state index is 0.0657. The summed E-state index contributed by atoms with van der Waals surface area (Å²) in [5.74, 6) is 3.38. The van der Waals surface area contributed by atoms with Gasteiger partial charge in [-0.1, -0.05) is 73.7 Å². The van der Waals surface area contributed by atoms with Crippen LogP contribution in [0.25, 0.3) is 0 Å². The SMILES string of the molecule is C[C@]12C[C@H](Oc3ccc(N)cc3)[C@@H]3c4ccc(OCc5ccccc5)cc4CC[C@H]3[C@@H]1CC[C@@H]2OCc1ccccc1. The molecule has 0 radical (unpaired) electrons. The number of fused-ring (bicyclic) bond motifs is 5. The van der Waals surface area contributed by atoms with Gasteiger partial charge in [0, 0.05) is 17.0 Å². The maximum atomic E-state index is 6.91. The second kappa shape index (κ2) is 11.5. The van der Waals surface area contributed by atoms with Crippen LogP contribution in [-0.4, -0.2) is 12.2 Å². The van der Waals surface area contributed by atoms with Crippen LogP contribution < -0.4 is 15.2 Å². The summed E-state index contributed by atoms with van der Waals surface area (Å²) in [6.45, 7) is 3.73. The Morgan fingerprint density at radius 1 is 0.762 bits per heavy atom. The molecule has 0 heterocycles. The second-order valence-electron chi connectivity index (χ2n) is 12.8. The Hall–Kier alpha value is -3.76. The lowest BCUT2D eigenvalue weighted by molar-refractivity contribution is -0.101. The van der Waals surface area contributed by atoms with Gasteiger partial charge in [-0.2, -0.15) is 0 Å². The molecule has 2 fully saturated rings. The van der Waals surface area contributed by atoms with Crippen molar-refractivity contribution in [2.75, 3.05) is 5.73 Å². The van der Waals surface area contributed by atoms with E-state index in [1.165, 1.54) is 35.1 Å². The van der Waals surface area contributed by atoms with E-state index in [-0.39, 0.29) is 17.6 Å². The summed E-state index contributed by atoms with van der Waals surface area (Å²) in [4.78, 5) is 0. The van der Waals surface area contributed by atoms with Crippen LogP contribution in [0.2, 0.25) is 0 Å². The molecular formula is C38H41NO3. The summed E-state index contributed by atoms with van der Waals surface area (Å²) in [7, 11) is 0. The average molecular weight is 560 g/mol. The molecule has 7 rings (SSSR count). The van der Waals surface area contributed by atoms with Gasteiger partial charge in [0.05, 0.1) is 12.7 Å². The summed E-state index contributed by atoms with van der Waals surface area (Å²) >= 11 is 0. The molecule has 2 saturated carbocycles. The van der Waals surface area contributed by atoms with Crippen molar-refractivity contribution in [1.82, 2.24) is 0 Å². The number of nitrogen functional groups attached to an aromatic ring is 1. The summed E-state index contributed by atoms with van der Waals surface area (Å²) < 4.78 is 19.9. The third-order valence-corrected chi connectivity index (χ3v) is 10.3. The Labute approximate surface area is 249 Å². The van der Waals surface area contributed by atoms with E-state index in [2.05, 4.69) is 79.7 Å². The van der Waals surface area contributed by atoms with Crippen molar-refractivity contribution in [2.45, 2.75) is 70.4 Å². The number of nitrogens with two attached hydrogens (primary N) is 1. The van der Waals surface area contributed by atoms with Crippen molar-refractivity contribution in [3.8, 4) is 11.5 Å². The van der Waals surface area contributed by atoms with Gasteiger partial charge in [0.25, 0.3) is 0 Å². The molecule has 0 unspecified atom stereocenters. The van der Waals surface area contributed by atoms with Gasteiger partial charge in [-0.3, -0.25) is 0 Å². The first-order chi connectivity index (χ1) is 20.6. The van der Waals surface area contributed by atoms with Gasteiger partial charge in [0.1, 0.15) is 24.2 Å². The van der Waals surface area contributed by atoms with Crippen molar-refractivity contribution in [2.24, 2.45) is 17.3 Å². The molecule has 0 bridgehead atoms. The molecule has 4 heteroatoms. The number of ether oxygens (including phenoxy) is 3. The predicted molar refractivity (Wildman–Crippen MR) is 168 cm³/mol. The fourth-order valence-corrected chi connectivity index (χ4v) is 8.27. The molecule has 3 aliphatic rings. The molecule has 0 amide bonds. The maximum Gasteiger partial charge on any atom is 0.120 e. The van der Waals surface area contributed by atoms with Crippen molar-refractivity contribution >= 4 is 5.69 Å². The van der Waals surface area contributed by atoms with Crippen LogP contribution in [0.3, 0.4) is 0 Å². The third kappa shape index (κ3) is 5.29. The second-order valence-corrected chi connectivity index (χ2v) is 12.8. The normalized spacial score (nSPS) is 27.9. The summed E-state index contributed by atoms with van der Waals surface area (Å²) in [6, 6.07) is 35.6. The first kappa shape index (κ1) is 27.1. The highest BCUT2D eigenvalue weighted by molar-refractivity contribution is 5.44. The van der Waals surface area contributed by atoms with E-state index >= 15 is 0 Å². The van der Waals surface area contributed by atoms with Gasteiger partial charge < -0.3 is 19.9 Å². The number of hydrogen-bond donors (Lipinski definition) is 1. The van der Waals surface area contributed by atoms with Crippen LogP contribution in [0, 0.1) is 17.3 Å². The first-order valence-corrected chi connectivity index (χ1v) is 15.5. The number of aryl methyl sites for hydroxylation is 1. The van der Waals surface area contributed by atoms with Crippen LogP contribution in [0.1, 0.15) is 60.8 Å². The molecule has 2 N–H and O–H groups in total. The highest BCUT2D eigenvalue weighted by Gasteiger charge is 2.59. The molecule has 0 aliphatic heterocycles. The lowest BCUT2D eigenvalue weighted by Crippen LogP contribution is -2.52. The third-order valence-electron chi connectivity index (χ3n) is 10.3. The number of anilines is 1. The Balaban J connectivity index is 1.16. The van der Waals surface area contributed by atoms with Crippen LogP contribution in [0.4, 0.5) is 5.69 Å². The molecular weight excluding hydrogens is 518 g/mol. The van der Waals surface area contributed by atoms with E-state index in [4.69, 9.17) is 19.9 Å². The van der Waals surface area contributed by atoms with Gasteiger partial charge in [-0.05, 0) is 103 Å². The molecule has 4 aromatic rings. The zero-order valence-corrected chi connectivity index (χ0v) is 24.5. The topological polar surface area (TPSA) is 53.7 Å². The van der Waals surface area contributed by atoms with Crippen LogP contribution in [-0.2, 0) is 24.4 Å². The van der Waals surface area contributed by atoms with Crippen LogP contribution in [0.5, 0.6) is 11.5 Å². The summed E-state index contributed by atoms with van der Waals surface area (Å²) in [5.41, 5.74) is 12.1. The lowest BCUT2D eigenvalue weighted by atomic mass is 9.54. The fourth-order valence-electron chi connectivity index (χ4n) is 8.27. The van der Waals surface area contributed by atoms with E-state index < -0.39 is 0 Å². The smallest absolute Gasteiger partial charge is 0.120 e. The van der Waals surface area contributed by atoms with E-state index in [9.17, 15) is 0 Å². The van der Waals surface area contributed by atoms with Gasteiger partial charge in [-0.15, -0.1) is 0 Å². The van der Waals surface area contributed by atoms with Gasteiger partial charge in [0.15, 0.2) is 0 Å². The van der Waals surface area contributed by atoms with Crippen molar-refractivity contribution in [3.05, 3.63) is 125 Å². The maximum absolute atomic E-state index is 6.91. The van der Waals surface area contributed by atoms with Gasteiger partial charge in [-0.25, -0.2) is 0 Å². The van der Waals surface area contributed by atoms with Gasteiger partial charge >= 0.3 is 0 Å². The van der Waals surface area contributed by atoms with Crippen LogP contribution >= 0.6 is 0 Å². The van der Waals surface area contributed by atoms with E-state index in [1.807, 2.05) is 30.3 Å². The molecule has 42 heavy (non-hydrogen) atoms. The molecule has 6 atom stereocenters. The summed E-state index contributed by atoms with van der Waals surface area (Å²) in [6.07, 6.45) is 5.87. The zero-order valence-electron chi connectivity index (χ0n) is 24.5. The molecule has 3 aliphatic carbocycles. The zero-order chi connectivity index (χ0) is 28.5. The molecule has 4 aromatic carbocycles. The monoisotopic (exact) mass is 559 g/mol. The van der Waals surface area contributed by atoms with Gasteiger partial charge in [0.2, 0.25) is 0 Å². The van der Waals surface area contributed by atoms with E-state index in [0.29, 0.717) is 31.0 Å². The molecule has 216 valence electrons. The lowest BCUT2D eigenvalue weighted by Gasteiger charge is -2.53. The minimum atomic E-state index is 0.0657. The molecule has 0 spiro atoms. The molecule has 0 aromatic heterocycles.